The number of hydrogen-bond donors (Lipinski definition) is 3. The van der Waals surface area contributed by atoms with Crippen molar-refractivity contribution in [3.8, 4) is 0 Å². The summed E-state index contributed by atoms with van der Waals surface area (Å²) in [5, 5.41) is 31.3. The predicted molar refractivity (Wildman–Crippen MR) is 89.9 cm³/mol. The minimum atomic E-state index is -2.22. The van der Waals surface area contributed by atoms with Crippen LogP contribution in [0.15, 0.2) is 11.6 Å². The predicted octanol–water partition coefficient (Wildman–Crippen LogP) is -0.784. The molecule has 2 saturated heterocycles. The van der Waals surface area contributed by atoms with Crippen molar-refractivity contribution in [1.29, 1.82) is 0 Å². The quantitative estimate of drug-likeness (QED) is 0.407. The molecule has 0 aromatic carbocycles. The fourth-order valence-corrected chi connectivity index (χ4v) is 4.14. The second-order valence-electron chi connectivity index (χ2n) is 7.83. The Morgan fingerprint density at radius 3 is 2.58 bits per heavy atom. The lowest BCUT2D eigenvalue weighted by Crippen LogP contribution is -2.58. The first-order valence-electron chi connectivity index (χ1n) is 8.99. The topological polar surface area (TPSA) is 117 Å². The van der Waals surface area contributed by atoms with Crippen LogP contribution in [0.3, 0.4) is 0 Å². The van der Waals surface area contributed by atoms with E-state index in [1.54, 1.807) is 0 Å². The number of rotatable bonds is 1. The van der Waals surface area contributed by atoms with Crippen molar-refractivity contribution in [2.45, 2.75) is 50.5 Å². The molecule has 2 fully saturated rings. The van der Waals surface area contributed by atoms with Gasteiger partial charge in [0.05, 0.1) is 12.6 Å². The second-order valence-corrected chi connectivity index (χ2v) is 7.83. The molecular formula is C18H27NO7. The van der Waals surface area contributed by atoms with Crippen molar-refractivity contribution in [3.05, 3.63) is 11.6 Å². The zero-order valence-corrected chi connectivity index (χ0v) is 15.3. The highest BCUT2D eigenvalue weighted by Gasteiger charge is 2.54. The van der Waals surface area contributed by atoms with Crippen LogP contribution in [0.2, 0.25) is 0 Å². The molecule has 0 aliphatic carbocycles. The SMILES string of the molecule is CC1[C@H](C)C(C)(O)C(=O)OCC2=CCN3CC[C@@H](OC(=O)C1(O)CO)[C@@H]23. The molecule has 0 radical (unpaired) electrons. The number of ether oxygens (including phenoxy) is 2. The van der Waals surface area contributed by atoms with Gasteiger partial charge in [-0.3, -0.25) is 4.90 Å². The number of carbonyl (C=O) groups excluding carboxylic acids is 2. The van der Waals surface area contributed by atoms with Crippen LogP contribution in [0.5, 0.6) is 0 Å². The Morgan fingerprint density at radius 1 is 1.23 bits per heavy atom. The van der Waals surface area contributed by atoms with Crippen molar-refractivity contribution >= 4 is 11.9 Å². The molecule has 0 aromatic heterocycles. The minimum absolute atomic E-state index is 0.0234. The zero-order chi connectivity index (χ0) is 19.3. The molecule has 3 N–H and O–H groups in total. The first-order chi connectivity index (χ1) is 12.1. The summed E-state index contributed by atoms with van der Waals surface area (Å²) >= 11 is 0. The van der Waals surface area contributed by atoms with Crippen molar-refractivity contribution in [2.75, 3.05) is 26.3 Å². The van der Waals surface area contributed by atoms with Crippen LogP contribution >= 0.6 is 0 Å². The largest absolute Gasteiger partial charge is 0.459 e. The van der Waals surface area contributed by atoms with Gasteiger partial charge in [0.1, 0.15) is 12.7 Å². The van der Waals surface area contributed by atoms with Crippen molar-refractivity contribution in [1.82, 2.24) is 4.90 Å². The lowest BCUT2D eigenvalue weighted by atomic mass is 9.73. The average Bonchev–Trinajstić information content (AvgIpc) is 3.19. The smallest absolute Gasteiger partial charge is 0.341 e. The summed E-state index contributed by atoms with van der Waals surface area (Å²) in [4.78, 5) is 27.3. The van der Waals surface area contributed by atoms with Crippen LogP contribution in [0.25, 0.3) is 0 Å². The Balaban J connectivity index is 1.99. The van der Waals surface area contributed by atoms with Crippen LogP contribution < -0.4 is 0 Å². The molecule has 8 nitrogen and oxygen atoms in total. The van der Waals surface area contributed by atoms with Gasteiger partial charge in [-0.15, -0.1) is 0 Å². The standard InChI is InChI=1S/C18H27NO7/c1-10-11(2)18(24,9-20)16(22)26-13-5-7-19-6-4-12(14(13)19)8-25-15(21)17(10,3)23/h4,10-11,13-14,20,23-24H,5-9H2,1-3H3/t10-,11?,13+,14+,17?,18?/m0/s1. The molecule has 3 rings (SSSR count). The fraction of sp³-hybridized carbons (Fsp3) is 0.778. The molecule has 6 atom stereocenters. The molecule has 146 valence electrons. The molecule has 3 aliphatic rings. The summed E-state index contributed by atoms with van der Waals surface area (Å²) in [6.07, 6.45) is 2.06. The number of nitrogens with zero attached hydrogens (tertiary/aromatic N) is 1. The normalized spacial score (nSPS) is 44.5. The second kappa shape index (κ2) is 6.60. The highest BCUT2D eigenvalue weighted by Crippen LogP contribution is 2.37. The van der Waals surface area contributed by atoms with Crippen LogP contribution in [0.4, 0.5) is 0 Å². The van der Waals surface area contributed by atoms with Gasteiger partial charge in [0, 0.05) is 24.9 Å². The molecule has 0 aromatic rings. The Labute approximate surface area is 152 Å². The number of carbonyl (C=O) groups is 2. The van der Waals surface area contributed by atoms with Crippen LogP contribution in [0.1, 0.15) is 27.2 Å². The van der Waals surface area contributed by atoms with Crippen LogP contribution in [0, 0.1) is 11.8 Å². The third-order valence-electron chi connectivity index (χ3n) is 6.44. The molecule has 0 bridgehead atoms. The van der Waals surface area contributed by atoms with Gasteiger partial charge < -0.3 is 24.8 Å². The highest BCUT2D eigenvalue weighted by atomic mass is 16.6. The van der Waals surface area contributed by atoms with Gasteiger partial charge in [-0.05, 0) is 18.9 Å². The van der Waals surface area contributed by atoms with E-state index < -0.39 is 47.7 Å². The Kier molecular flexibility index (Phi) is 4.89. The van der Waals surface area contributed by atoms with Gasteiger partial charge in [-0.1, -0.05) is 19.9 Å². The summed E-state index contributed by atoms with van der Waals surface area (Å²) in [6.45, 7) is 4.86. The minimum Gasteiger partial charge on any atom is -0.459 e. The van der Waals surface area contributed by atoms with E-state index in [2.05, 4.69) is 4.90 Å². The van der Waals surface area contributed by atoms with Gasteiger partial charge in [-0.2, -0.15) is 0 Å². The highest BCUT2D eigenvalue weighted by molar-refractivity contribution is 5.82. The van der Waals surface area contributed by atoms with E-state index >= 15 is 0 Å². The van der Waals surface area contributed by atoms with Gasteiger partial charge in [-0.25, -0.2) is 9.59 Å². The van der Waals surface area contributed by atoms with Gasteiger partial charge in [0.2, 0.25) is 0 Å². The van der Waals surface area contributed by atoms with Crippen molar-refractivity contribution < 1.29 is 34.4 Å². The Hall–Kier alpha value is -1.48. The van der Waals surface area contributed by atoms with Gasteiger partial charge in [0.25, 0.3) is 0 Å². The van der Waals surface area contributed by atoms with E-state index in [1.165, 1.54) is 20.8 Å². The molecule has 0 spiro atoms. The Morgan fingerprint density at radius 2 is 1.92 bits per heavy atom. The maximum Gasteiger partial charge on any atom is 0.341 e. The van der Waals surface area contributed by atoms with E-state index in [4.69, 9.17) is 9.47 Å². The lowest BCUT2D eigenvalue weighted by Gasteiger charge is -2.40. The summed E-state index contributed by atoms with van der Waals surface area (Å²) in [7, 11) is 0. The number of hydrogen-bond acceptors (Lipinski definition) is 8. The molecule has 3 aliphatic heterocycles. The van der Waals surface area contributed by atoms with E-state index in [0.29, 0.717) is 13.0 Å². The maximum absolute atomic E-state index is 12.7. The molecule has 0 saturated carbocycles. The maximum atomic E-state index is 12.7. The molecule has 0 amide bonds. The summed E-state index contributed by atoms with van der Waals surface area (Å²) in [5.41, 5.74) is -3.34. The molecule has 3 heterocycles. The van der Waals surface area contributed by atoms with Crippen molar-refractivity contribution in [3.63, 3.8) is 0 Å². The molecule has 8 heteroatoms. The molecular weight excluding hydrogens is 342 g/mol. The van der Waals surface area contributed by atoms with Crippen LogP contribution in [-0.4, -0.2) is 81.8 Å². The monoisotopic (exact) mass is 369 g/mol. The molecule has 26 heavy (non-hydrogen) atoms. The summed E-state index contributed by atoms with van der Waals surface area (Å²) in [6, 6.07) is -0.216. The fourth-order valence-electron chi connectivity index (χ4n) is 4.14. The first-order valence-corrected chi connectivity index (χ1v) is 8.99. The van der Waals surface area contributed by atoms with E-state index in [1.807, 2.05) is 6.08 Å². The number of aliphatic hydroxyl groups excluding tert-OH is 1. The summed E-state index contributed by atoms with van der Waals surface area (Å²) in [5.74, 6) is -3.56. The first kappa shape index (κ1) is 19.3. The lowest BCUT2D eigenvalue weighted by molar-refractivity contribution is -0.196. The Bertz CT molecular complexity index is 631. The van der Waals surface area contributed by atoms with E-state index in [9.17, 15) is 24.9 Å². The van der Waals surface area contributed by atoms with Crippen LogP contribution in [-0.2, 0) is 19.1 Å². The average molecular weight is 369 g/mol. The number of aliphatic hydroxyl groups is 3. The molecule has 3 unspecified atom stereocenters. The summed E-state index contributed by atoms with van der Waals surface area (Å²) < 4.78 is 10.9. The number of esters is 2. The van der Waals surface area contributed by atoms with Gasteiger partial charge in [0.15, 0.2) is 11.2 Å². The van der Waals surface area contributed by atoms with Crippen molar-refractivity contribution in [2.24, 2.45) is 11.8 Å². The van der Waals surface area contributed by atoms with E-state index in [-0.39, 0.29) is 12.6 Å². The zero-order valence-electron chi connectivity index (χ0n) is 15.3. The third-order valence-corrected chi connectivity index (χ3v) is 6.44. The van der Waals surface area contributed by atoms with Gasteiger partial charge >= 0.3 is 11.9 Å². The third kappa shape index (κ3) is 2.85. The van der Waals surface area contributed by atoms with E-state index in [0.717, 1.165) is 12.1 Å². The number of cyclic esters (lactones) is 1.